The summed E-state index contributed by atoms with van der Waals surface area (Å²) in [5.41, 5.74) is 0.428. The number of amides is 1. The van der Waals surface area contributed by atoms with Crippen molar-refractivity contribution in [3.63, 3.8) is 0 Å². The van der Waals surface area contributed by atoms with Crippen LogP contribution in [-0.2, 0) is 10.0 Å². The van der Waals surface area contributed by atoms with Gasteiger partial charge in [-0.3, -0.25) is 4.79 Å². The predicted molar refractivity (Wildman–Crippen MR) is 105 cm³/mol. The molecule has 146 valence electrons. The molecule has 0 heterocycles. The molecule has 0 saturated heterocycles. The number of hydrogen-bond acceptors (Lipinski definition) is 4. The summed E-state index contributed by atoms with van der Waals surface area (Å²) in [4.78, 5) is 12.4. The van der Waals surface area contributed by atoms with E-state index in [0.717, 1.165) is 5.75 Å². The van der Waals surface area contributed by atoms with E-state index in [9.17, 15) is 13.2 Å². The molecule has 1 amide bonds. The van der Waals surface area contributed by atoms with Gasteiger partial charge in [0.05, 0.1) is 11.5 Å². The van der Waals surface area contributed by atoms with Gasteiger partial charge in [0, 0.05) is 25.2 Å². The molecule has 1 N–H and O–H groups in total. The summed E-state index contributed by atoms with van der Waals surface area (Å²) in [7, 11) is -3.51. The molecule has 0 bridgehead atoms. The molecule has 2 rings (SSSR count). The largest absolute Gasteiger partial charge is 0.494 e. The average Bonchev–Trinajstić information content (AvgIpc) is 2.69. The van der Waals surface area contributed by atoms with Crippen molar-refractivity contribution in [2.45, 2.75) is 25.2 Å². The topological polar surface area (TPSA) is 75.7 Å². The number of para-hydroxylation sites is 1. The normalized spacial score (nSPS) is 11.4. The van der Waals surface area contributed by atoms with Crippen LogP contribution in [0.15, 0.2) is 59.5 Å². The second-order valence-corrected chi connectivity index (χ2v) is 7.82. The number of rotatable bonds is 10. The van der Waals surface area contributed by atoms with Crippen LogP contribution in [0.3, 0.4) is 0 Å². The summed E-state index contributed by atoms with van der Waals surface area (Å²) in [6.07, 6.45) is 0.676. The minimum Gasteiger partial charge on any atom is -0.494 e. The van der Waals surface area contributed by atoms with E-state index >= 15 is 0 Å². The Morgan fingerprint density at radius 1 is 1.00 bits per heavy atom. The Bertz CT molecular complexity index is 817. The van der Waals surface area contributed by atoms with E-state index in [-0.39, 0.29) is 10.8 Å². The van der Waals surface area contributed by atoms with Crippen molar-refractivity contribution < 1.29 is 17.9 Å². The summed E-state index contributed by atoms with van der Waals surface area (Å²) >= 11 is 0. The van der Waals surface area contributed by atoms with Crippen LogP contribution in [0.25, 0.3) is 0 Å². The van der Waals surface area contributed by atoms with Crippen LogP contribution >= 0.6 is 0 Å². The van der Waals surface area contributed by atoms with E-state index < -0.39 is 10.0 Å². The number of sulfonamides is 1. The summed E-state index contributed by atoms with van der Waals surface area (Å²) in [5, 5.41) is 2.81. The monoisotopic (exact) mass is 390 g/mol. The van der Waals surface area contributed by atoms with E-state index in [2.05, 4.69) is 5.32 Å². The summed E-state index contributed by atoms with van der Waals surface area (Å²) < 4.78 is 31.8. The molecule has 0 fully saturated rings. The number of nitrogens with zero attached hydrogens (tertiary/aromatic N) is 1. The van der Waals surface area contributed by atoms with E-state index in [0.29, 0.717) is 38.2 Å². The predicted octanol–water partition coefficient (Wildman–Crippen LogP) is 2.92. The molecule has 27 heavy (non-hydrogen) atoms. The molecule has 0 unspecified atom stereocenters. The standard InChI is InChI=1S/C20H26N2O4S/c1-3-22(4-2)27(24,25)19-13-11-17(12-14-19)20(23)21-15-8-16-26-18-9-6-5-7-10-18/h5-7,9-14H,3-4,8,15-16H2,1-2H3,(H,21,23). The Kier molecular flexibility index (Phi) is 7.82. The number of ether oxygens (including phenoxy) is 1. The second kappa shape index (κ2) is 10.1. The van der Waals surface area contributed by atoms with Crippen LogP contribution in [0.4, 0.5) is 0 Å². The zero-order chi connectivity index (χ0) is 19.7. The molecule has 0 saturated carbocycles. The maximum atomic E-state index is 12.4. The minimum atomic E-state index is -3.51. The molecule has 0 spiro atoms. The Hall–Kier alpha value is -2.38. The van der Waals surface area contributed by atoms with Gasteiger partial charge < -0.3 is 10.1 Å². The van der Waals surface area contributed by atoms with Crippen LogP contribution in [0.5, 0.6) is 5.75 Å². The van der Waals surface area contributed by atoms with Gasteiger partial charge in [0.25, 0.3) is 5.91 Å². The molecule has 6 nitrogen and oxygen atoms in total. The van der Waals surface area contributed by atoms with Crippen molar-refractivity contribution in [2.24, 2.45) is 0 Å². The Morgan fingerprint density at radius 2 is 1.63 bits per heavy atom. The molecular formula is C20H26N2O4S. The zero-order valence-electron chi connectivity index (χ0n) is 15.7. The lowest BCUT2D eigenvalue weighted by molar-refractivity contribution is 0.0951. The number of hydrogen-bond donors (Lipinski definition) is 1. The molecular weight excluding hydrogens is 364 g/mol. The maximum Gasteiger partial charge on any atom is 0.251 e. The minimum absolute atomic E-state index is 0.194. The Balaban J connectivity index is 1.83. The SMILES string of the molecule is CCN(CC)S(=O)(=O)c1ccc(C(=O)NCCCOc2ccccc2)cc1. The second-order valence-electron chi connectivity index (χ2n) is 5.88. The van der Waals surface area contributed by atoms with Crippen LogP contribution in [0, 0.1) is 0 Å². The molecule has 2 aromatic rings. The van der Waals surface area contributed by atoms with Crippen molar-refractivity contribution in [3.8, 4) is 5.75 Å². The van der Waals surface area contributed by atoms with Crippen LogP contribution < -0.4 is 10.1 Å². The summed E-state index contributed by atoms with van der Waals surface area (Å²) in [6.45, 7) is 5.39. The lowest BCUT2D eigenvalue weighted by Crippen LogP contribution is -2.30. The number of carbonyl (C=O) groups is 1. The van der Waals surface area contributed by atoms with Crippen LogP contribution in [-0.4, -0.2) is 44.9 Å². The van der Waals surface area contributed by atoms with Gasteiger partial charge in [-0.1, -0.05) is 32.0 Å². The van der Waals surface area contributed by atoms with E-state index in [1.54, 1.807) is 13.8 Å². The van der Waals surface area contributed by atoms with E-state index in [1.807, 2.05) is 30.3 Å². The third-order valence-corrected chi connectivity index (χ3v) is 6.14. The number of carbonyl (C=O) groups excluding carboxylic acids is 1. The van der Waals surface area contributed by atoms with E-state index in [4.69, 9.17) is 4.74 Å². The molecule has 0 aliphatic heterocycles. The molecule has 0 aliphatic carbocycles. The van der Waals surface area contributed by atoms with Crippen molar-refractivity contribution >= 4 is 15.9 Å². The highest BCUT2D eigenvalue weighted by Crippen LogP contribution is 2.16. The zero-order valence-corrected chi connectivity index (χ0v) is 16.5. The van der Waals surface area contributed by atoms with Gasteiger partial charge in [-0.15, -0.1) is 0 Å². The molecule has 2 aromatic carbocycles. The van der Waals surface area contributed by atoms with Gasteiger partial charge in [-0.25, -0.2) is 8.42 Å². The highest BCUT2D eigenvalue weighted by molar-refractivity contribution is 7.89. The molecule has 0 aromatic heterocycles. The fourth-order valence-electron chi connectivity index (χ4n) is 2.57. The third kappa shape index (κ3) is 5.80. The first kappa shape index (κ1) is 20.9. The molecule has 0 radical (unpaired) electrons. The first-order chi connectivity index (χ1) is 13.0. The van der Waals surface area contributed by atoms with E-state index in [1.165, 1.54) is 28.6 Å². The lowest BCUT2D eigenvalue weighted by Gasteiger charge is -2.18. The van der Waals surface area contributed by atoms with Crippen LogP contribution in [0.1, 0.15) is 30.6 Å². The van der Waals surface area contributed by atoms with Gasteiger partial charge in [0.1, 0.15) is 5.75 Å². The highest BCUT2D eigenvalue weighted by atomic mass is 32.2. The number of nitrogens with one attached hydrogen (secondary N) is 1. The quantitative estimate of drug-likeness (QED) is 0.633. The first-order valence-electron chi connectivity index (χ1n) is 9.05. The fraction of sp³-hybridized carbons (Fsp3) is 0.350. The number of benzene rings is 2. The summed E-state index contributed by atoms with van der Waals surface area (Å²) in [5.74, 6) is 0.565. The Morgan fingerprint density at radius 3 is 2.22 bits per heavy atom. The summed E-state index contributed by atoms with van der Waals surface area (Å²) in [6, 6.07) is 15.5. The van der Waals surface area contributed by atoms with Gasteiger partial charge in [0.15, 0.2) is 0 Å². The van der Waals surface area contributed by atoms with Crippen LogP contribution in [0.2, 0.25) is 0 Å². The smallest absolute Gasteiger partial charge is 0.251 e. The van der Waals surface area contributed by atoms with Gasteiger partial charge >= 0.3 is 0 Å². The van der Waals surface area contributed by atoms with Crippen molar-refractivity contribution in [2.75, 3.05) is 26.2 Å². The molecule has 0 atom stereocenters. The lowest BCUT2D eigenvalue weighted by atomic mass is 10.2. The Labute approximate surface area is 161 Å². The van der Waals surface area contributed by atoms with Gasteiger partial charge in [0.2, 0.25) is 10.0 Å². The maximum absolute atomic E-state index is 12.4. The van der Waals surface area contributed by atoms with Crippen molar-refractivity contribution in [3.05, 3.63) is 60.2 Å². The molecule has 7 heteroatoms. The highest BCUT2D eigenvalue weighted by Gasteiger charge is 2.21. The third-order valence-electron chi connectivity index (χ3n) is 4.08. The first-order valence-corrected chi connectivity index (χ1v) is 10.5. The van der Waals surface area contributed by atoms with Gasteiger partial charge in [-0.05, 0) is 42.8 Å². The fourth-order valence-corrected chi connectivity index (χ4v) is 4.03. The average molecular weight is 391 g/mol. The molecule has 0 aliphatic rings. The van der Waals surface area contributed by atoms with Gasteiger partial charge in [-0.2, -0.15) is 4.31 Å². The van der Waals surface area contributed by atoms with Crippen molar-refractivity contribution in [1.29, 1.82) is 0 Å². The van der Waals surface area contributed by atoms with Crippen molar-refractivity contribution in [1.82, 2.24) is 9.62 Å².